The molecule has 0 saturated heterocycles. The van der Waals surface area contributed by atoms with Crippen molar-refractivity contribution in [1.82, 2.24) is 0 Å². The van der Waals surface area contributed by atoms with Crippen molar-refractivity contribution in [2.75, 3.05) is 0 Å². The molecule has 0 aliphatic heterocycles. The van der Waals surface area contributed by atoms with Gasteiger partial charge >= 0.3 is 93.4 Å². The Morgan fingerprint density at radius 2 is 1.71 bits per heavy atom. The summed E-state index contributed by atoms with van der Waals surface area (Å²) in [5, 5.41) is 0. The van der Waals surface area contributed by atoms with Crippen LogP contribution in [-0.4, -0.2) is 15.0 Å². The summed E-state index contributed by atoms with van der Waals surface area (Å²) < 4.78 is 2.97. The molecule has 0 bridgehead atoms. The van der Waals surface area contributed by atoms with Crippen LogP contribution in [0.25, 0.3) is 0 Å². The first-order valence-electron chi connectivity index (χ1n) is 4.90. The molecule has 1 aromatic carbocycles. The van der Waals surface area contributed by atoms with Crippen LogP contribution >= 0.6 is 0 Å². The Bertz CT molecular complexity index is 304. The molecule has 0 N–H and O–H groups in total. The first-order valence-corrected chi connectivity index (χ1v) is 6.61. The molecule has 76 valence electrons. The van der Waals surface area contributed by atoms with E-state index in [-0.39, 0.29) is 0 Å². The Labute approximate surface area is 93.6 Å². The molecule has 1 rings (SSSR count). The summed E-state index contributed by atoms with van der Waals surface area (Å²) >= 11 is 0.495. The van der Waals surface area contributed by atoms with Gasteiger partial charge in [0.1, 0.15) is 0 Å². The molecule has 0 heterocycles. The molecule has 0 unspecified atom stereocenters. The zero-order valence-electron chi connectivity index (χ0n) is 9.37. The van der Waals surface area contributed by atoms with Crippen molar-refractivity contribution in [3.8, 4) is 0 Å². The van der Waals surface area contributed by atoms with Crippen LogP contribution in [-0.2, 0) is 0 Å². The van der Waals surface area contributed by atoms with Crippen LogP contribution in [0.2, 0.25) is 0 Å². The van der Waals surface area contributed by atoms with E-state index < -0.39 is 0 Å². The number of benzene rings is 1. The fourth-order valence-electron chi connectivity index (χ4n) is 1.31. The fourth-order valence-corrected chi connectivity index (χ4v) is 3.57. The summed E-state index contributed by atoms with van der Waals surface area (Å²) in [6, 6.07) is 10.7. The van der Waals surface area contributed by atoms with Gasteiger partial charge in [0.2, 0.25) is 0 Å². The third kappa shape index (κ3) is 4.64. The van der Waals surface area contributed by atoms with Crippen molar-refractivity contribution in [2.24, 2.45) is 5.41 Å². The van der Waals surface area contributed by atoms with E-state index in [9.17, 15) is 0 Å². The van der Waals surface area contributed by atoms with Gasteiger partial charge in [0.25, 0.3) is 0 Å². The molecule has 1 aromatic rings. The molecular weight excluding hydrogens is 235 g/mol. The maximum atomic E-state index is 2.38. The molecule has 1 heteroatoms. The number of allylic oxidation sites excluding steroid dienone is 2. The molecule has 0 nitrogen and oxygen atoms in total. The maximum absolute atomic E-state index is 2.38. The summed E-state index contributed by atoms with van der Waals surface area (Å²) in [4.78, 5) is 0. The minimum atomic E-state index is 0.306. The van der Waals surface area contributed by atoms with Crippen molar-refractivity contribution in [3.05, 3.63) is 40.9 Å². The summed E-state index contributed by atoms with van der Waals surface area (Å²) in [5.74, 6) is 0. The van der Waals surface area contributed by atoms with Crippen LogP contribution in [0.4, 0.5) is 0 Å². The van der Waals surface area contributed by atoms with Gasteiger partial charge in [-0.2, -0.15) is 0 Å². The molecule has 0 spiro atoms. The van der Waals surface area contributed by atoms with Crippen molar-refractivity contribution < 1.29 is 0 Å². The van der Waals surface area contributed by atoms with E-state index in [1.165, 1.54) is 8.93 Å². The normalized spacial score (nSPS) is 13.0. The third-order valence-electron chi connectivity index (χ3n) is 1.66. The van der Waals surface area contributed by atoms with E-state index in [2.05, 4.69) is 64.1 Å². The predicted octanol–water partition coefficient (Wildman–Crippen LogP) is 2.97. The molecule has 0 aliphatic rings. The summed E-state index contributed by atoms with van der Waals surface area (Å²) in [5.41, 5.74) is 0.306. The van der Waals surface area contributed by atoms with Crippen molar-refractivity contribution in [2.45, 2.75) is 27.7 Å². The quantitative estimate of drug-likeness (QED) is 0.711. The van der Waals surface area contributed by atoms with Crippen molar-refractivity contribution in [1.29, 1.82) is 0 Å². The second kappa shape index (κ2) is 4.82. The van der Waals surface area contributed by atoms with Gasteiger partial charge in [0.05, 0.1) is 0 Å². The molecule has 0 fully saturated rings. The monoisotopic (exact) mass is 254 g/mol. The van der Waals surface area contributed by atoms with E-state index in [1.807, 2.05) is 0 Å². The van der Waals surface area contributed by atoms with Gasteiger partial charge in [-0.1, -0.05) is 0 Å². The van der Waals surface area contributed by atoms with Crippen LogP contribution in [0.1, 0.15) is 27.7 Å². The number of hydrogen-bond acceptors (Lipinski definition) is 0. The average Bonchev–Trinajstić information content (AvgIpc) is 2.02. The van der Waals surface area contributed by atoms with Gasteiger partial charge in [-0.15, -0.1) is 0 Å². The van der Waals surface area contributed by atoms with Gasteiger partial charge in [-0.25, -0.2) is 0 Å². The summed E-state index contributed by atoms with van der Waals surface area (Å²) in [6.45, 7) is 8.98. The molecule has 0 atom stereocenters. The Kier molecular flexibility index (Phi) is 3.97. The molecule has 0 aromatic heterocycles. The average molecular weight is 253 g/mol. The van der Waals surface area contributed by atoms with Crippen molar-refractivity contribution >= 4 is 19.4 Å². The van der Waals surface area contributed by atoms with Gasteiger partial charge in [-0.05, 0) is 0 Å². The zero-order chi connectivity index (χ0) is 10.6. The Morgan fingerprint density at radius 1 is 1.14 bits per heavy atom. The van der Waals surface area contributed by atoms with E-state index in [4.69, 9.17) is 0 Å². The topological polar surface area (TPSA) is 0 Å². The molecule has 14 heavy (non-hydrogen) atoms. The fraction of sp³-hybridized carbons (Fsp3) is 0.385. The number of hydrogen-bond donors (Lipinski definition) is 0. The van der Waals surface area contributed by atoms with Crippen molar-refractivity contribution in [3.63, 3.8) is 0 Å². The first kappa shape index (κ1) is 11.6. The van der Waals surface area contributed by atoms with E-state index in [0.29, 0.717) is 20.4 Å². The SMILES string of the molecule is C/C(=C/C(C)(C)C)[Se]c1ccccc1. The van der Waals surface area contributed by atoms with Crippen LogP contribution in [0.15, 0.2) is 40.9 Å². The second-order valence-corrected chi connectivity index (χ2v) is 7.30. The Morgan fingerprint density at radius 3 is 2.21 bits per heavy atom. The van der Waals surface area contributed by atoms with Crippen LogP contribution in [0, 0.1) is 5.41 Å². The van der Waals surface area contributed by atoms with Crippen LogP contribution in [0.5, 0.6) is 0 Å². The minimum absolute atomic E-state index is 0.306. The van der Waals surface area contributed by atoms with E-state index in [0.717, 1.165) is 0 Å². The van der Waals surface area contributed by atoms with Gasteiger partial charge in [0, 0.05) is 0 Å². The van der Waals surface area contributed by atoms with E-state index in [1.54, 1.807) is 0 Å². The Hall–Kier alpha value is -0.521. The Balaban J connectivity index is 2.67. The van der Waals surface area contributed by atoms with Gasteiger partial charge in [0.15, 0.2) is 0 Å². The predicted molar refractivity (Wildman–Crippen MR) is 65.0 cm³/mol. The van der Waals surface area contributed by atoms with Gasteiger partial charge in [-0.3, -0.25) is 0 Å². The third-order valence-corrected chi connectivity index (χ3v) is 3.65. The molecule has 0 saturated carbocycles. The van der Waals surface area contributed by atoms with Gasteiger partial charge < -0.3 is 0 Å². The first-order chi connectivity index (χ1) is 6.47. The van der Waals surface area contributed by atoms with E-state index >= 15 is 0 Å². The zero-order valence-corrected chi connectivity index (χ0v) is 11.1. The molecule has 0 radical (unpaired) electrons. The standard InChI is InChI=1S/C13H18Se/c1-11(10-13(2,3)4)14-12-8-6-5-7-9-12/h5-10H,1-4H3/b11-10-. The second-order valence-electron chi connectivity index (χ2n) is 4.54. The van der Waals surface area contributed by atoms with Crippen LogP contribution < -0.4 is 4.46 Å². The van der Waals surface area contributed by atoms with Crippen LogP contribution in [0.3, 0.4) is 0 Å². The molecule has 0 amide bonds. The molecular formula is C13H18Se. The number of rotatable bonds is 2. The molecule has 0 aliphatic carbocycles. The summed E-state index contributed by atoms with van der Waals surface area (Å²) in [6.07, 6.45) is 2.38. The summed E-state index contributed by atoms with van der Waals surface area (Å²) in [7, 11) is 0.